The van der Waals surface area contributed by atoms with E-state index in [9.17, 15) is 5.11 Å². The van der Waals surface area contributed by atoms with Crippen LogP contribution in [0.5, 0.6) is 0 Å². The minimum absolute atomic E-state index is 0.265. The van der Waals surface area contributed by atoms with E-state index in [1.54, 1.807) is 0 Å². The molecule has 0 amide bonds. The predicted molar refractivity (Wildman–Crippen MR) is 77.5 cm³/mol. The largest absolute Gasteiger partial charge is 0.390 e. The van der Waals surface area contributed by atoms with Gasteiger partial charge < -0.3 is 15.3 Å². The van der Waals surface area contributed by atoms with Crippen molar-refractivity contribution in [1.82, 2.24) is 10.2 Å². The van der Waals surface area contributed by atoms with Gasteiger partial charge in [-0.3, -0.25) is 0 Å². The molecule has 100 valence electrons. The van der Waals surface area contributed by atoms with E-state index in [4.69, 9.17) is 0 Å². The van der Waals surface area contributed by atoms with Gasteiger partial charge in [0.25, 0.3) is 0 Å². The highest BCUT2D eigenvalue weighted by atomic mass is 79.9. The third-order valence-corrected chi connectivity index (χ3v) is 3.82. The van der Waals surface area contributed by atoms with Crippen LogP contribution in [0, 0.1) is 0 Å². The topological polar surface area (TPSA) is 35.5 Å². The van der Waals surface area contributed by atoms with Crippen molar-refractivity contribution in [2.75, 3.05) is 26.2 Å². The van der Waals surface area contributed by atoms with Crippen LogP contribution >= 0.6 is 15.9 Å². The fraction of sp³-hybridized carbons (Fsp3) is 0.571. The number of hydrogen-bond acceptors (Lipinski definition) is 3. The summed E-state index contributed by atoms with van der Waals surface area (Å²) in [5, 5.41) is 13.2. The number of aliphatic hydroxyl groups is 1. The van der Waals surface area contributed by atoms with Crippen LogP contribution in [0.15, 0.2) is 28.7 Å². The molecule has 0 aromatic heterocycles. The number of nitrogens with one attached hydrogen (secondary N) is 1. The summed E-state index contributed by atoms with van der Waals surface area (Å²) in [6, 6.07) is 8.25. The fourth-order valence-electron chi connectivity index (χ4n) is 2.31. The maximum absolute atomic E-state index is 9.92. The van der Waals surface area contributed by atoms with Gasteiger partial charge in [0, 0.05) is 24.1 Å². The van der Waals surface area contributed by atoms with Crippen molar-refractivity contribution < 1.29 is 5.11 Å². The number of rotatable bonds is 6. The van der Waals surface area contributed by atoms with Crippen molar-refractivity contribution in [3.8, 4) is 0 Å². The minimum atomic E-state index is -0.265. The SMILES string of the molecule is OC(CNCc1ccc(Br)cc1)CN1CCCC1. The van der Waals surface area contributed by atoms with Crippen molar-refractivity contribution >= 4 is 15.9 Å². The van der Waals surface area contributed by atoms with Crippen molar-refractivity contribution in [2.45, 2.75) is 25.5 Å². The minimum Gasteiger partial charge on any atom is -0.390 e. The van der Waals surface area contributed by atoms with Gasteiger partial charge in [-0.05, 0) is 43.6 Å². The number of β-amino-alcohol motifs (C(OH)–C–C–N with tert-alkyl or cyclic N) is 1. The molecule has 0 saturated carbocycles. The van der Waals surface area contributed by atoms with Gasteiger partial charge in [-0.1, -0.05) is 28.1 Å². The van der Waals surface area contributed by atoms with Crippen molar-refractivity contribution in [3.63, 3.8) is 0 Å². The Labute approximate surface area is 117 Å². The number of likely N-dealkylation sites (tertiary alicyclic amines) is 1. The van der Waals surface area contributed by atoms with Gasteiger partial charge in [0.2, 0.25) is 0 Å². The molecule has 1 unspecified atom stereocenters. The Kier molecular flexibility index (Phi) is 5.63. The molecule has 4 heteroatoms. The van der Waals surface area contributed by atoms with Crippen LogP contribution in [-0.4, -0.2) is 42.3 Å². The number of benzene rings is 1. The number of halogens is 1. The van der Waals surface area contributed by atoms with Gasteiger partial charge in [-0.2, -0.15) is 0 Å². The lowest BCUT2D eigenvalue weighted by Gasteiger charge is -2.19. The van der Waals surface area contributed by atoms with E-state index in [1.165, 1.54) is 18.4 Å². The Hall–Kier alpha value is -0.420. The third kappa shape index (κ3) is 4.69. The summed E-state index contributed by atoms with van der Waals surface area (Å²) in [7, 11) is 0. The van der Waals surface area contributed by atoms with Gasteiger partial charge in [-0.15, -0.1) is 0 Å². The summed E-state index contributed by atoms with van der Waals surface area (Å²) in [5.74, 6) is 0. The van der Waals surface area contributed by atoms with Gasteiger partial charge in [0.05, 0.1) is 6.10 Å². The molecule has 0 spiro atoms. The van der Waals surface area contributed by atoms with E-state index in [0.717, 1.165) is 30.7 Å². The summed E-state index contributed by atoms with van der Waals surface area (Å²) in [6.07, 6.45) is 2.29. The number of aliphatic hydroxyl groups excluding tert-OH is 1. The van der Waals surface area contributed by atoms with Crippen molar-refractivity contribution in [1.29, 1.82) is 0 Å². The first-order chi connectivity index (χ1) is 8.74. The summed E-state index contributed by atoms with van der Waals surface area (Å²) < 4.78 is 1.10. The van der Waals surface area contributed by atoms with Crippen LogP contribution in [0.25, 0.3) is 0 Å². The highest BCUT2D eigenvalue weighted by Crippen LogP contribution is 2.10. The summed E-state index contributed by atoms with van der Waals surface area (Å²) in [5.41, 5.74) is 1.24. The van der Waals surface area contributed by atoms with E-state index in [0.29, 0.717) is 6.54 Å². The molecule has 18 heavy (non-hydrogen) atoms. The van der Waals surface area contributed by atoms with Gasteiger partial charge >= 0.3 is 0 Å². The molecule has 1 aromatic carbocycles. The summed E-state index contributed by atoms with van der Waals surface area (Å²) in [6.45, 7) is 4.55. The maximum atomic E-state index is 9.92. The van der Waals surface area contributed by atoms with E-state index in [1.807, 2.05) is 12.1 Å². The Bertz CT molecular complexity index is 349. The first-order valence-electron chi connectivity index (χ1n) is 6.59. The van der Waals surface area contributed by atoms with Crippen LogP contribution in [-0.2, 0) is 6.54 Å². The molecule has 3 nitrogen and oxygen atoms in total. The van der Waals surface area contributed by atoms with Crippen LogP contribution in [0.2, 0.25) is 0 Å². The lowest BCUT2D eigenvalue weighted by atomic mass is 10.2. The normalized spacial score (nSPS) is 18.1. The average molecular weight is 313 g/mol. The molecule has 0 bridgehead atoms. The molecular weight excluding hydrogens is 292 g/mol. The van der Waals surface area contributed by atoms with E-state index >= 15 is 0 Å². The molecule has 1 heterocycles. The Morgan fingerprint density at radius 2 is 1.89 bits per heavy atom. The molecule has 2 rings (SSSR count). The average Bonchev–Trinajstić information content (AvgIpc) is 2.84. The zero-order valence-corrected chi connectivity index (χ0v) is 12.2. The molecule has 0 aliphatic carbocycles. The lowest BCUT2D eigenvalue weighted by molar-refractivity contribution is 0.123. The zero-order valence-electron chi connectivity index (χ0n) is 10.6. The van der Waals surface area contributed by atoms with Gasteiger partial charge in [0.1, 0.15) is 0 Å². The van der Waals surface area contributed by atoms with Crippen LogP contribution in [0.3, 0.4) is 0 Å². The molecule has 1 aliphatic heterocycles. The molecule has 1 fully saturated rings. The monoisotopic (exact) mass is 312 g/mol. The van der Waals surface area contributed by atoms with Gasteiger partial charge in [-0.25, -0.2) is 0 Å². The quantitative estimate of drug-likeness (QED) is 0.843. The Morgan fingerprint density at radius 1 is 1.22 bits per heavy atom. The first-order valence-corrected chi connectivity index (χ1v) is 7.39. The summed E-state index contributed by atoms with van der Waals surface area (Å²) >= 11 is 3.42. The standard InChI is InChI=1S/C14H21BrN2O/c15-13-5-3-12(4-6-13)9-16-10-14(18)11-17-7-1-2-8-17/h3-6,14,16,18H,1-2,7-11H2. The molecule has 1 saturated heterocycles. The summed E-state index contributed by atoms with van der Waals surface area (Å²) in [4.78, 5) is 2.34. The zero-order chi connectivity index (χ0) is 12.8. The highest BCUT2D eigenvalue weighted by Gasteiger charge is 2.15. The predicted octanol–water partition coefficient (Wildman–Crippen LogP) is 2.00. The molecular formula is C14H21BrN2O. The Balaban J connectivity index is 1.63. The second-order valence-corrected chi connectivity index (χ2v) is 5.83. The second-order valence-electron chi connectivity index (χ2n) is 4.92. The maximum Gasteiger partial charge on any atom is 0.0791 e. The van der Waals surface area contributed by atoms with Crippen LogP contribution in [0.1, 0.15) is 18.4 Å². The van der Waals surface area contributed by atoms with E-state index < -0.39 is 0 Å². The first kappa shape index (κ1) is 14.0. The molecule has 2 N–H and O–H groups in total. The Morgan fingerprint density at radius 3 is 2.56 bits per heavy atom. The number of nitrogens with zero attached hydrogens (tertiary/aromatic N) is 1. The number of hydrogen-bond donors (Lipinski definition) is 2. The lowest BCUT2D eigenvalue weighted by Crippen LogP contribution is -2.36. The molecule has 0 radical (unpaired) electrons. The molecule has 1 aromatic rings. The van der Waals surface area contributed by atoms with Crippen LogP contribution < -0.4 is 5.32 Å². The third-order valence-electron chi connectivity index (χ3n) is 3.29. The van der Waals surface area contributed by atoms with Crippen LogP contribution in [0.4, 0.5) is 0 Å². The van der Waals surface area contributed by atoms with Crippen molar-refractivity contribution in [3.05, 3.63) is 34.3 Å². The smallest absolute Gasteiger partial charge is 0.0791 e. The second kappa shape index (κ2) is 7.24. The molecule has 1 atom stereocenters. The van der Waals surface area contributed by atoms with Gasteiger partial charge in [0.15, 0.2) is 0 Å². The fourth-order valence-corrected chi connectivity index (χ4v) is 2.58. The highest BCUT2D eigenvalue weighted by molar-refractivity contribution is 9.10. The van der Waals surface area contributed by atoms with E-state index in [-0.39, 0.29) is 6.10 Å². The van der Waals surface area contributed by atoms with E-state index in [2.05, 4.69) is 38.3 Å². The molecule has 1 aliphatic rings. The van der Waals surface area contributed by atoms with Crippen molar-refractivity contribution in [2.24, 2.45) is 0 Å².